The Morgan fingerprint density at radius 3 is 2.07 bits per heavy atom. The smallest absolute Gasteiger partial charge is 0.339 e. The maximum Gasteiger partial charge on any atom is 0.339 e. The number of benzene rings is 3. The second-order valence-electron chi connectivity index (χ2n) is 6.63. The minimum absolute atomic E-state index is 0.00376. The van der Waals surface area contributed by atoms with E-state index in [2.05, 4.69) is 0 Å². The average molecular weight is 400 g/mol. The van der Waals surface area contributed by atoms with E-state index in [0.29, 0.717) is 11.3 Å². The van der Waals surface area contributed by atoms with Gasteiger partial charge in [-0.3, -0.25) is 14.4 Å². The molecule has 4 rings (SSSR count). The Kier molecular flexibility index (Phi) is 4.98. The third kappa shape index (κ3) is 3.18. The van der Waals surface area contributed by atoms with Gasteiger partial charge in [-0.1, -0.05) is 48.5 Å². The number of hydrogen-bond donors (Lipinski definition) is 0. The SMILES string of the molecule is COc1ccccc1C(=O)COC(=O)c1cccc2c1C(=O)c1ccccc1C2=O. The Bertz CT molecular complexity index is 1210. The van der Waals surface area contributed by atoms with E-state index in [1.807, 2.05) is 0 Å². The first kappa shape index (κ1) is 19.3. The quantitative estimate of drug-likeness (QED) is 0.376. The maximum atomic E-state index is 13.0. The van der Waals surface area contributed by atoms with Crippen molar-refractivity contribution in [3.63, 3.8) is 0 Å². The highest BCUT2D eigenvalue weighted by Crippen LogP contribution is 2.30. The van der Waals surface area contributed by atoms with Gasteiger partial charge in [0.1, 0.15) is 5.75 Å². The molecule has 0 amide bonds. The van der Waals surface area contributed by atoms with Crippen molar-refractivity contribution in [3.8, 4) is 5.75 Å². The number of fused-ring (bicyclic) bond motifs is 2. The third-order valence-electron chi connectivity index (χ3n) is 4.91. The molecule has 0 saturated heterocycles. The van der Waals surface area contributed by atoms with Gasteiger partial charge in [-0.15, -0.1) is 0 Å². The molecule has 1 aliphatic rings. The second-order valence-corrected chi connectivity index (χ2v) is 6.63. The van der Waals surface area contributed by atoms with Gasteiger partial charge in [0.25, 0.3) is 0 Å². The number of carbonyl (C=O) groups is 4. The molecule has 6 heteroatoms. The molecule has 0 bridgehead atoms. The molecule has 0 heterocycles. The van der Waals surface area contributed by atoms with Crippen LogP contribution >= 0.6 is 0 Å². The monoisotopic (exact) mass is 400 g/mol. The van der Waals surface area contributed by atoms with Gasteiger partial charge in [-0.05, 0) is 18.2 Å². The number of rotatable bonds is 5. The lowest BCUT2D eigenvalue weighted by Crippen LogP contribution is -2.25. The van der Waals surface area contributed by atoms with E-state index in [1.165, 1.54) is 25.3 Å². The Hall–Kier alpha value is -4.06. The summed E-state index contributed by atoms with van der Waals surface area (Å²) in [6.07, 6.45) is 0. The molecule has 0 N–H and O–H groups in total. The van der Waals surface area contributed by atoms with Crippen molar-refractivity contribution < 1.29 is 28.7 Å². The third-order valence-corrected chi connectivity index (χ3v) is 4.91. The van der Waals surface area contributed by atoms with Crippen LogP contribution in [0.3, 0.4) is 0 Å². The fraction of sp³-hybridized carbons (Fsp3) is 0.0833. The molecule has 0 aromatic heterocycles. The molecule has 0 atom stereocenters. The average Bonchev–Trinajstić information content (AvgIpc) is 2.80. The summed E-state index contributed by atoms with van der Waals surface area (Å²) in [5.41, 5.74) is 0.906. The summed E-state index contributed by atoms with van der Waals surface area (Å²) in [7, 11) is 1.44. The first-order valence-corrected chi connectivity index (χ1v) is 9.17. The van der Waals surface area contributed by atoms with Crippen LogP contribution in [0.25, 0.3) is 0 Å². The molecule has 1 aliphatic carbocycles. The highest BCUT2D eigenvalue weighted by molar-refractivity contribution is 6.30. The first-order chi connectivity index (χ1) is 14.5. The lowest BCUT2D eigenvalue weighted by Gasteiger charge is -2.19. The summed E-state index contributed by atoms with van der Waals surface area (Å²) in [6, 6.07) is 17.5. The summed E-state index contributed by atoms with van der Waals surface area (Å²) in [5.74, 6) is -1.69. The Morgan fingerprint density at radius 2 is 1.33 bits per heavy atom. The highest BCUT2D eigenvalue weighted by Gasteiger charge is 2.33. The van der Waals surface area contributed by atoms with Gasteiger partial charge in [-0.25, -0.2) is 4.79 Å². The number of ketones is 3. The van der Waals surface area contributed by atoms with E-state index < -0.39 is 24.1 Å². The molecule has 0 fully saturated rings. The van der Waals surface area contributed by atoms with Crippen LogP contribution < -0.4 is 4.74 Å². The van der Waals surface area contributed by atoms with Gasteiger partial charge in [0, 0.05) is 22.3 Å². The zero-order valence-corrected chi connectivity index (χ0v) is 16.0. The van der Waals surface area contributed by atoms with Crippen LogP contribution in [-0.2, 0) is 4.74 Å². The lowest BCUT2D eigenvalue weighted by atomic mass is 9.82. The molecule has 3 aromatic rings. The van der Waals surface area contributed by atoms with E-state index in [-0.39, 0.29) is 33.6 Å². The molecule has 148 valence electrons. The van der Waals surface area contributed by atoms with Crippen molar-refractivity contribution in [2.45, 2.75) is 0 Å². The fourth-order valence-corrected chi connectivity index (χ4v) is 3.48. The summed E-state index contributed by atoms with van der Waals surface area (Å²) in [5, 5.41) is 0. The van der Waals surface area contributed by atoms with Crippen molar-refractivity contribution in [2.75, 3.05) is 13.7 Å². The Morgan fingerprint density at radius 1 is 0.733 bits per heavy atom. The van der Waals surface area contributed by atoms with E-state index in [4.69, 9.17) is 9.47 Å². The van der Waals surface area contributed by atoms with Gasteiger partial charge < -0.3 is 9.47 Å². The predicted molar refractivity (Wildman–Crippen MR) is 107 cm³/mol. The van der Waals surface area contributed by atoms with Crippen molar-refractivity contribution in [2.24, 2.45) is 0 Å². The molecular weight excluding hydrogens is 384 g/mol. The minimum atomic E-state index is -0.851. The van der Waals surface area contributed by atoms with E-state index in [0.717, 1.165) is 0 Å². The number of ether oxygens (including phenoxy) is 2. The summed E-state index contributed by atoms with van der Waals surface area (Å²) in [4.78, 5) is 50.9. The van der Waals surface area contributed by atoms with Gasteiger partial charge >= 0.3 is 5.97 Å². The van der Waals surface area contributed by atoms with E-state index >= 15 is 0 Å². The molecule has 0 aliphatic heterocycles. The molecule has 6 nitrogen and oxygen atoms in total. The van der Waals surface area contributed by atoms with Crippen LogP contribution in [0.5, 0.6) is 5.75 Å². The molecule has 0 radical (unpaired) electrons. The predicted octanol–water partition coefficient (Wildman–Crippen LogP) is 3.51. The number of para-hydroxylation sites is 1. The zero-order valence-electron chi connectivity index (χ0n) is 16.0. The van der Waals surface area contributed by atoms with Gasteiger partial charge in [-0.2, -0.15) is 0 Å². The van der Waals surface area contributed by atoms with Crippen LogP contribution in [-0.4, -0.2) is 37.0 Å². The lowest BCUT2D eigenvalue weighted by molar-refractivity contribution is 0.0472. The van der Waals surface area contributed by atoms with Crippen LogP contribution in [0, 0.1) is 0 Å². The number of hydrogen-bond acceptors (Lipinski definition) is 6. The van der Waals surface area contributed by atoms with Crippen molar-refractivity contribution in [1.29, 1.82) is 0 Å². The number of Topliss-reactive ketones (excluding diaryl/α,β-unsaturated/α-hetero) is 1. The molecule has 3 aromatic carbocycles. The van der Waals surface area contributed by atoms with Crippen molar-refractivity contribution in [3.05, 3.63) is 100 Å². The van der Waals surface area contributed by atoms with E-state index in [1.54, 1.807) is 48.5 Å². The molecule has 30 heavy (non-hydrogen) atoms. The normalized spacial score (nSPS) is 12.0. The number of carbonyl (C=O) groups excluding carboxylic acids is 4. The number of methoxy groups -OCH3 is 1. The van der Waals surface area contributed by atoms with Crippen LogP contribution in [0.4, 0.5) is 0 Å². The molecule has 0 spiro atoms. The second kappa shape index (κ2) is 7.75. The molecule has 0 saturated carbocycles. The van der Waals surface area contributed by atoms with Gasteiger partial charge in [0.2, 0.25) is 5.78 Å². The summed E-state index contributed by atoms with van der Waals surface area (Å²) >= 11 is 0. The van der Waals surface area contributed by atoms with Crippen molar-refractivity contribution in [1.82, 2.24) is 0 Å². The van der Waals surface area contributed by atoms with Crippen LogP contribution in [0.15, 0.2) is 66.7 Å². The van der Waals surface area contributed by atoms with Crippen molar-refractivity contribution >= 4 is 23.3 Å². The zero-order chi connectivity index (χ0) is 21.3. The molecular formula is C24H16O6. The highest BCUT2D eigenvalue weighted by atomic mass is 16.5. The Balaban J connectivity index is 1.61. The Labute approximate surface area is 172 Å². The summed E-state index contributed by atoms with van der Waals surface area (Å²) < 4.78 is 10.3. The van der Waals surface area contributed by atoms with Gasteiger partial charge in [0.05, 0.1) is 18.2 Å². The van der Waals surface area contributed by atoms with E-state index in [9.17, 15) is 19.2 Å². The van der Waals surface area contributed by atoms with Gasteiger partial charge in [0.15, 0.2) is 18.2 Å². The number of esters is 1. The standard InChI is InChI=1S/C24H16O6/c1-29-20-12-5-4-9-16(20)19(25)13-30-24(28)18-11-6-10-17-21(18)23(27)15-8-3-2-7-14(15)22(17)26/h2-12H,13H2,1H3. The molecule has 0 unspecified atom stereocenters. The largest absolute Gasteiger partial charge is 0.496 e. The van der Waals surface area contributed by atoms with Crippen LogP contribution in [0.1, 0.15) is 52.6 Å². The fourth-order valence-electron chi connectivity index (χ4n) is 3.48. The first-order valence-electron chi connectivity index (χ1n) is 9.17. The summed E-state index contributed by atoms with van der Waals surface area (Å²) in [6.45, 7) is -0.526. The minimum Gasteiger partial charge on any atom is -0.496 e. The topological polar surface area (TPSA) is 86.7 Å². The maximum absolute atomic E-state index is 13.0. The van der Waals surface area contributed by atoms with Crippen LogP contribution in [0.2, 0.25) is 0 Å².